The average Bonchev–Trinajstić information content (AvgIpc) is 3.57. The van der Waals surface area contributed by atoms with E-state index in [2.05, 4.69) is 16.7 Å². The van der Waals surface area contributed by atoms with Crippen LogP contribution in [0.15, 0.2) is 18.5 Å². The summed E-state index contributed by atoms with van der Waals surface area (Å²) in [4.78, 5) is 35.0. The lowest BCUT2D eigenvalue weighted by molar-refractivity contribution is -0.137. The van der Waals surface area contributed by atoms with Crippen LogP contribution in [0.5, 0.6) is 0 Å². The quantitative estimate of drug-likeness (QED) is 0.225. The second-order valence-electron chi connectivity index (χ2n) is 8.29. The Hall–Kier alpha value is -3.80. The number of methoxy groups -OCH3 is 1. The Morgan fingerprint density at radius 3 is 2.58 bits per heavy atom. The number of nitrogens with two attached hydrogens (primary N) is 1. The number of nitrogen functional groups attached to an aromatic ring is 1. The van der Waals surface area contributed by atoms with Crippen molar-refractivity contribution in [2.24, 2.45) is 0 Å². The summed E-state index contributed by atoms with van der Waals surface area (Å²) in [5.74, 6) is -0.419. The molecule has 1 saturated heterocycles. The van der Waals surface area contributed by atoms with Crippen molar-refractivity contribution in [2.45, 2.75) is 63.8 Å². The van der Waals surface area contributed by atoms with E-state index in [1.54, 1.807) is 11.6 Å². The Labute approximate surface area is 221 Å². The number of rotatable bonds is 10. The number of aliphatic carboxylic acids is 1. The highest BCUT2D eigenvalue weighted by molar-refractivity contribution is 5.67. The van der Waals surface area contributed by atoms with E-state index in [4.69, 9.17) is 40.2 Å². The predicted molar refractivity (Wildman–Crippen MR) is 135 cm³/mol. The molecule has 38 heavy (non-hydrogen) atoms. The van der Waals surface area contributed by atoms with Gasteiger partial charge in [0.1, 0.15) is 37.4 Å². The summed E-state index contributed by atoms with van der Waals surface area (Å²) in [6.45, 7) is 7.41. The number of aliphatic hydroxyl groups is 1. The highest BCUT2D eigenvalue weighted by Gasteiger charge is 2.30. The van der Waals surface area contributed by atoms with Crippen molar-refractivity contribution >= 4 is 29.7 Å². The van der Waals surface area contributed by atoms with Crippen LogP contribution in [-0.4, -0.2) is 82.4 Å². The largest absolute Gasteiger partial charge is 0.508 e. The second-order valence-corrected chi connectivity index (χ2v) is 8.29. The molecule has 0 aliphatic carbocycles. The molecule has 0 aromatic carbocycles. The second kappa shape index (κ2) is 18.4. The fourth-order valence-electron chi connectivity index (χ4n) is 3.09. The SMILES string of the molecule is C#N.CO.COC(C)(C)COC(=O)OCC1CCC(c2ccc3c(N)ncnn23)O1.O=CCCCC(=O)O. The first-order valence-electron chi connectivity index (χ1n) is 11.6. The van der Waals surface area contributed by atoms with Gasteiger partial charge in [-0.2, -0.15) is 5.10 Å². The van der Waals surface area contributed by atoms with Crippen LogP contribution >= 0.6 is 0 Å². The summed E-state index contributed by atoms with van der Waals surface area (Å²) < 4.78 is 23.1. The van der Waals surface area contributed by atoms with Crippen molar-refractivity contribution in [3.63, 3.8) is 0 Å². The summed E-state index contributed by atoms with van der Waals surface area (Å²) >= 11 is 0. The first-order chi connectivity index (χ1) is 18.2. The van der Waals surface area contributed by atoms with Crippen LogP contribution in [0.1, 0.15) is 57.7 Å². The van der Waals surface area contributed by atoms with Crippen LogP contribution in [0.2, 0.25) is 0 Å². The van der Waals surface area contributed by atoms with Crippen LogP contribution in [0.3, 0.4) is 0 Å². The van der Waals surface area contributed by atoms with Gasteiger partial charge >= 0.3 is 12.1 Å². The maximum Gasteiger partial charge on any atom is 0.508 e. The van der Waals surface area contributed by atoms with E-state index in [1.165, 1.54) is 6.33 Å². The van der Waals surface area contributed by atoms with Gasteiger partial charge in [0.15, 0.2) is 5.82 Å². The summed E-state index contributed by atoms with van der Waals surface area (Å²) in [6.07, 6.45) is 3.57. The fraction of sp³-hybridized carbons (Fsp3) is 0.583. The van der Waals surface area contributed by atoms with Crippen LogP contribution < -0.4 is 5.73 Å². The number of unbranched alkanes of at least 4 members (excludes halogenated alkanes) is 1. The van der Waals surface area contributed by atoms with E-state index < -0.39 is 17.7 Å². The molecule has 0 spiro atoms. The van der Waals surface area contributed by atoms with Gasteiger partial charge in [-0.3, -0.25) is 4.79 Å². The molecular weight excluding hydrogens is 502 g/mol. The lowest BCUT2D eigenvalue weighted by atomic mass is 10.1. The van der Waals surface area contributed by atoms with Gasteiger partial charge < -0.3 is 39.7 Å². The highest BCUT2D eigenvalue weighted by atomic mass is 16.7. The Morgan fingerprint density at radius 1 is 1.29 bits per heavy atom. The van der Waals surface area contributed by atoms with Gasteiger partial charge in [-0.15, -0.1) is 0 Å². The van der Waals surface area contributed by atoms with Gasteiger partial charge in [0.05, 0.1) is 17.4 Å². The Balaban J connectivity index is 0.000000970. The lowest BCUT2D eigenvalue weighted by Gasteiger charge is -2.22. The minimum atomic E-state index is -0.841. The minimum Gasteiger partial charge on any atom is -0.481 e. The Kier molecular flexibility index (Phi) is 16.6. The molecule has 1 fully saturated rings. The number of carboxylic acids is 1. The van der Waals surface area contributed by atoms with Crippen molar-refractivity contribution in [2.75, 3.05) is 33.2 Å². The third kappa shape index (κ3) is 12.0. The van der Waals surface area contributed by atoms with E-state index in [0.717, 1.165) is 37.4 Å². The van der Waals surface area contributed by atoms with E-state index >= 15 is 0 Å². The lowest BCUT2D eigenvalue weighted by Crippen LogP contribution is -2.31. The molecule has 14 nitrogen and oxygen atoms in total. The molecule has 0 amide bonds. The third-order valence-electron chi connectivity index (χ3n) is 5.14. The smallest absolute Gasteiger partial charge is 0.481 e. The van der Waals surface area contributed by atoms with E-state index in [-0.39, 0.29) is 31.8 Å². The molecule has 4 N–H and O–H groups in total. The normalized spacial score (nSPS) is 16.0. The number of fused-ring (bicyclic) bond motifs is 1. The summed E-state index contributed by atoms with van der Waals surface area (Å²) in [7, 11) is 2.56. The van der Waals surface area contributed by atoms with Crippen LogP contribution in [0, 0.1) is 11.8 Å². The van der Waals surface area contributed by atoms with Crippen molar-refractivity contribution < 1.29 is 43.5 Å². The van der Waals surface area contributed by atoms with Gasteiger partial charge in [0, 0.05) is 33.6 Å². The van der Waals surface area contributed by atoms with Gasteiger partial charge in [-0.1, -0.05) is 0 Å². The maximum absolute atomic E-state index is 11.7. The fourth-order valence-corrected chi connectivity index (χ4v) is 3.09. The van der Waals surface area contributed by atoms with Gasteiger partial charge in [0.2, 0.25) is 0 Å². The molecule has 14 heteroatoms. The molecule has 0 bridgehead atoms. The molecule has 2 aromatic heterocycles. The number of carboxylic acid groups (broad SMARTS) is 1. The number of carbonyl (C=O) groups excluding carboxylic acids is 2. The number of aldehydes is 1. The highest BCUT2D eigenvalue weighted by Crippen LogP contribution is 2.34. The molecule has 0 radical (unpaired) electrons. The molecule has 3 heterocycles. The number of carbonyl (C=O) groups is 3. The van der Waals surface area contributed by atoms with Gasteiger partial charge in [0.25, 0.3) is 0 Å². The molecule has 212 valence electrons. The number of hydrogen-bond donors (Lipinski definition) is 3. The van der Waals surface area contributed by atoms with Gasteiger partial charge in [-0.25, -0.2) is 19.6 Å². The maximum atomic E-state index is 11.7. The molecule has 1 aliphatic rings. The van der Waals surface area contributed by atoms with Crippen molar-refractivity contribution in [1.29, 1.82) is 5.26 Å². The zero-order valence-corrected chi connectivity index (χ0v) is 22.1. The zero-order chi connectivity index (χ0) is 29.1. The number of aromatic nitrogens is 3. The monoisotopic (exact) mass is 539 g/mol. The minimum absolute atomic E-state index is 0.0960. The summed E-state index contributed by atoms with van der Waals surface area (Å²) in [5, 5.41) is 25.8. The predicted octanol–water partition coefficient (Wildman–Crippen LogP) is 2.30. The van der Waals surface area contributed by atoms with Crippen molar-refractivity contribution in [3.05, 3.63) is 24.2 Å². The standard InChI is InChI=1S/C17H24N4O5.C5H8O3.CHN.CH4O/c1-17(2,23-3)9-25-16(22)24-8-11-4-7-14(26-11)12-5-6-13-15(18)19-10-20-21(12)13;6-4-2-1-3-5(7)8;2*1-2/h5-6,10-11,14H,4,7-9H2,1-3H3,(H2,18,19,20);4H,1-3H2,(H,7,8);1H;2H,1H3. The zero-order valence-electron chi connectivity index (χ0n) is 22.1. The Morgan fingerprint density at radius 2 is 1.97 bits per heavy atom. The summed E-state index contributed by atoms with van der Waals surface area (Å²) in [5.41, 5.74) is 6.95. The van der Waals surface area contributed by atoms with E-state index in [9.17, 15) is 14.4 Å². The summed E-state index contributed by atoms with van der Waals surface area (Å²) in [6, 6.07) is 3.79. The number of ether oxygens (including phenoxy) is 4. The Bertz CT molecular complexity index is 1010. The number of nitriles is 1. The molecule has 2 aromatic rings. The molecule has 0 saturated carbocycles. The van der Waals surface area contributed by atoms with Crippen LogP contribution in [0.4, 0.5) is 10.6 Å². The average molecular weight is 540 g/mol. The number of nitrogens with zero attached hydrogens (tertiary/aromatic N) is 4. The molecule has 2 unspecified atom stereocenters. The first-order valence-corrected chi connectivity index (χ1v) is 11.6. The van der Waals surface area contributed by atoms with Crippen LogP contribution in [-0.2, 0) is 28.5 Å². The number of aliphatic hydroxyl groups excluding tert-OH is 1. The van der Waals surface area contributed by atoms with E-state index in [0.29, 0.717) is 18.7 Å². The molecule has 1 aliphatic heterocycles. The topological polar surface area (TPSA) is 209 Å². The van der Waals surface area contributed by atoms with Crippen molar-refractivity contribution in [3.8, 4) is 6.57 Å². The molecular formula is C24H37N5O9. The molecule has 2 atom stereocenters. The third-order valence-corrected chi connectivity index (χ3v) is 5.14. The van der Waals surface area contributed by atoms with Crippen LogP contribution in [0.25, 0.3) is 5.52 Å². The molecule has 3 rings (SSSR count). The number of anilines is 1. The van der Waals surface area contributed by atoms with E-state index in [1.807, 2.05) is 26.0 Å². The van der Waals surface area contributed by atoms with Gasteiger partial charge in [-0.05, 0) is 45.2 Å². The first kappa shape index (κ1) is 34.2. The van der Waals surface area contributed by atoms with Crippen molar-refractivity contribution in [1.82, 2.24) is 14.6 Å². The number of hydrogen-bond acceptors (Lipinski definition) is 12.